The number of esters is 1. The van der Waals surface area contributed by atoms with Gasteiger partial charge in [0, 0.05) is 11.4 Å². The van der Waals surface area contributed by atoms with Crippen LogP contribution in [0.4, 0.5) is 10.1 Å². The molecule has 1 aromatic carbocycles. The average Bonchev–Trinajstić information content (AvgIpc) is 3.11. The number of anilines is 1. The molecule has 1 N–H and O–H groups in total. The first-order valence-corrected chi connectivity index (χ1v) is 8.29. The van der Waals surface area contributed by atoms with Crippen LogP contribution >= 0.6 is 11.6 Å². The second-order valence-electron chi connectivity index (χ2n) is 6.47. The third kappa shape index (κ3) is 4.02. The number of halogens is 2. The number of carbonyl (C=O) groups excluding carboxylic acids is 2. The van der Waals surface area contributed by atoms with Crippen LogP contribution in [0.5, 0.6) is 0 Å². The second kappa shape index (κ2) is 6.87. The lowest BCUT2D eigenvalue weighted by molar-refractivity contribution is -0.148. The Morgan fingerprint density at radius 2 is 2.13 bits per heavy atom. The van der Waals surface area contributed by atoms with Crippen LogP contribution in [0, 0.1) is 23.6 Å². The topological polar surface area (TPSA) is 55.4 Å². The molecular weight excluding hydrogens is 321 g/mol. The van der Waals surface area contributed by atoms with E-state index < -0.39 is 18.3 Å². The minimum Gasteiger partial charge on any atom is -0.456 e. The lowest BCUT2D eigenvalue weighted by Gasteiger charge is -2.20. The van der Waals surface area contributed by atoms with Crippen LogP contribution in [0.1, 0.15) is 32.1 Å². The van der Waals surface area contributed by atoms with Gasteiger partial charge in [-0.3, -0.25) is 9.59 Å². The van der Waals surface area contributed by atoms with E-state index in [9.17, 15) is 14.0 Å². The van der Waals surface area contributed by atoms with E-state index in [2.05, 4.69) is 5.32 Å². The lowest BCUT2D eigenvalue weighted by Crippen LogP contribution is -2.23. The molecule has 0 aromatic heterocycles. The average molecular weight is 340 g/mol. The van der Waals surface area contributed by atoms with E-state index in [0.29, 0.717) is 18.3 Å². The molecule has 6 heteroatoms. The predicted octanol–water partition coefficient (Wildman–Crippen LogP) is 3.79. The number of amides is 1. The smallest absolute Gasteiger partial charge is 0.306 e. The minimum absolute atomic E-state index is 0.0172. The molecule has 0 radical (unpaired) electrons. The molecule has 2 fully saturated rings. The van der Waals surface area contributed by atoms with Crippen molar-refractivity contribution in [1.82, 2.24) is 0 Å². The largest absolute Gasteiger partial charge is 0.456 e. The SMILES string of the molecule is O=C(COC(=O)C[C@H]1C[C@@H]2CC[C@@H]1C2)Nc1ccc(Cl)cc1F. The van der Waals surface area contributed by atoms with Crippen molar-refractivity contribution in [1.29, 1.82) is 0 Å². The summed E-state index contributed by atoms with van der Waals surface area (Å²) in [6.45, 7) is -0.401. The van der Waals surface area contributed by atoms with Gasteiger partial charge in [0.1, 0.15) is 5.82 Å². The number of ether oxygens (including phenoxy) is 1. The Labute approximate surface area is 139 Å². The fourth-order valence-electron chi connectivity index (χ4n) is 3.82. The number of fused-ring (bicyclic) bond motifs is 2. The molecule has 0 saturated heterocycles. The third-order valence-electron chi connectivity index (χ3n) is 4.88. The molecule has 2 aliphatic rings. The van der Waals surface area contributed by atoms with Crippen LogP contribution in [0.2, 0.25) is 5.02 Å². The Bertz CT molecular complexity index is 622. The van der Waals surface area contributed by atoms with Gasteiger partial charge >= 0.3 is 5.97 Å². The van der Waals surface area contributed by atoms with Crippen LogP contribution in [0.25, 0.3) is 0 Å². The molecule has 0 aliphatic heterocycles. The summed E-state index contributed by atoms with van der Waals surface area (Å²) in [6, 6.07) is 3.95. The van der Waals surface area contributed by atoms with Gasteiger partial charge in [0.2, 0.25) is 0 Å². The van der Waals surface area contributed by atoms with E-state index >= 15 is 0 Å². The predicted molar refractivity (Wildman–Crippen MR) is 84.6 cm³/mol. The zero-order valence-corrected chi connectivity index (χ0v) is 13.4. The molecule has 4 nitrogen and oxygen atoms in total. The van der Waals surface area contributed by atoms with Gasteiger partial charge in [-0.25, -0.2) is 4.39 Å². The number of hydrogen-bond donors (Lipinski definition) is 1. The quantitative estimate of drug-likeness (QED) is 0.830. The monoisotopic (exact) mass is 339 g/mol. The van der Waals surface area contributed by atoms with Gasteiger partial charge in [-0.1, -0.05) is 18.0 Å². The highest BCUT2D eigenvalue weighted by Gasteiger charge is 2.40. The first kappa shape index (κ1) is 16.2. The minimum atomic E-state index is -0.626. The van der Waals surface area contributed by atoms with Crippen molar-refractivity contribution in [2.75, 3.05) is 11.9 Å². The fourth-order valence-corrected chi connectivity index (χ4v) is 3.98. The summed E-state index contributed by atoms with van der Waals surface area (Å²) in [6.07, 6.45) is 5.20. The Hall–Kier alpha value is -1.62. The normalized spacial score (nSPS) is 25.4. The van der Waals surface area contributed by atoms with Crippen LogP contribution in [0.15, 0.2) is 18.2 Å². The fraction of sp³-hybridized carbons (Fsp3) is 0.529. The highest BCUT2D eigenvalue weighted by molar-refractivity contribution is 6.30. The van der Waals surface area contributed by atoms with Gasteiger partial charge in [0.25, 0.3) is 5.91 Å². The number of benzene rings is 1. The number of hydrogen-bond acceptors (Lipinski definition) is 3. The summed E-state index contributed by atoms with van der Waals surface area (Å²) in [5, 5.41) is 2.61. The summed E-state index contributed by atoms with van der Waals surface area (Å²) < 4.78 is 18.6. The number of carbonyl (C=O) groups is 2. The Balaban J connectivity index is 1.42. The second-order valence-corrected chi connectivity index (χ2v) is 6.91. The first-order valence-electron chi connectivity index (χ1n) is 7.92. The molecule has 2 saturated carbocycles. The summed E-state index contributed by atoms with van der Waals surface area (Å²) in [7, 11) is 0. The highest BCUT2D eigenvalue weighted by atomic mass is 35.5. The van der Waals surface area contributed by atoms with Gasteiger partial charge in [0.15, 0.2) is 6.61 Å². The van der Waals surface area contributed by atoms with E-state index in [0.717, 1.165) is 18.4 Å². The molecular formula is C17H19ClFNO3. The molecule has 2 aliphatic carbocycles. The summed E-state index contributed by atoms with van der Waals surface area (Å²) in [4.78, 5) is 23.6. The van der Waals surface area contributed by atoms with Crippen molar-refractivity contribution in [3.05, 3.63) is 29.0 Å². The Kier molecular flexibility index (Phi) is 4.85. The molecule has 2 bridgehead atoms. The number of rotatable bonds is 5. The van der Waals surface area contributed by atoms with Crippen molar-refractivity contribution in [2.45, 2.75) is 32.1 Å². The lowest BCUT2D eigenvalue weighted by atomic mass is 9.86. The summed E-state index contributed by atoms with van der Waals surface area (Å²) in [5.41, 5.74) is 0.0172. The Morgan fingerprint density at radius 1 is 1.30 bits per heavy atom. The van der Waals surface area contributed by atoms with Crippen LogP contribution in [-0.4, -0.2) is 18.5 Å². The zero-order chi connectivity index (χ0) is 16.4. The van der Waals surface area contributed by atoms with Gasteiger partial charge in [-0.15, -0.1) is 0 Å². The zero-order valence-electron chi connectivity index (χ0n) is 12.7. The highest BCUT2D eigenvalue weighted by Crippen LogP contribution is 2.49. The Morgan fingerprint density at radius 3 is 2.78 bits per heavy atom. The molecule has 3 atom stereocenters. The van der Waals surface area contributed by atoms with Crippen molar-refractivity contribution < 1.29 is 18.7 Å². The van der Waals surface area contributed by atoms with Crippen molar-refractivity contribution in [3.8, 4) is 0 Å². The van der Waals surface area contributed by atoms with Crippen LogP contribution < -0.4 is 5.32 Å². The maximum absolute atomic E-state index is 13.6. The molecule has 0 spiro atoms. The van der Waals surface area contributed by atoms with Gasteiger partial charge in [0.05, 0.1) is 5.69 Å². The van der Waals surface area contributed by atoms with E-state index in [1.54, 1.807) is 0 Å². The van der Waals surface area contributed by atoms with Gasteiger partial charge in [-0.2, -0.15) is 0 Å². The maximum Gasteiger partial charge on any atom is 0.306 e. The van der Waals surface area contributed by atoms with E-state index in [1.807, 2.05) is 0 Å². The van der Waals surface area contributed by atoms with Crippen molar-refractivity contribution >= 4 is 29.2 Å². The molecule has 23 heavy (non-hydrogen) atoms. The summed E-state index contributed by atoms with van der Waals surface area (Å²) in [5.74, 6) is 0.275. The molecule has 0 heterocycles. The molecule has 0 unspecified atom stereocenters. The van der Waals surface area contributed by atoms with Crippen LogP contribution in [0.3, 0.4) is 0 Å². The molecule has 1 amide bonds. The molecule has 1 aromatic rings. The first-order chi connectivity index (χ1) is 11.0. The van der Waals surface area contributed by atoms with E-state index in [-0.39, 0.29) is 16.7 Å². The van der Waals surface area contributed by atoms with Crippen LogP contribution in [-0.2, 0) is 14.3 Å². The molecule has 3 rings (SSSR count). The molecule has 124 valence electrons. The summed E-state index contributed by atoms with van der Waals surface area (Å²) >= 11 is 5.64. The van der Waals surface area contributed by atoms with Crippen molar-refractivity contribution in [2.24, 2.45) is 17.8 Å². The van der Waals surface area contributed by atoms with E-state index in [4.69, 9.17) is 16.3 Å². The van der Waals surface area contributed by atoms with Gasteiger partial charge in [-0.05, 0) is 55.2 Å². The van der Waals surface area contributed by atoms with Gasteiger partial charge < -0.3 is 10.1 Å². The standard InChI is InChI=1S/C17H19ClFNO3/c18-13-3-4-15(14(19)8-13)20-16(21)9-23-17(22)7-12-6-10-1-2-11(12)5-10/h3-4,8,10-12H,1-2,5-7,9H2,(H,20,21)/t10-,11-,12-/m1/s1. The number of nitrogens with one attached hydrogen (secondary N) is 1. The van der Waals surface area contributed by atoms with E-state index in [1.165, 1.54) is 31.4 Å². The third-order valence-corrected chi connectivity index (χ3v) is 5.12. The maximum atomic E-state index is 13.6. The van der Waals surface area contributed by atoms with Crippen molar-refractivity contribution in [3.63, 3.8) is 0 Å².